The van der Waals surface area contributed by atoms with E-state index in [0.717, 1.165) is 49.1 Å². The third-order valence-electron chi connectivity index (χ3n) is 4.85. The number of carbonyl (C=O) groups excluding carboxylic acids is 3. The number of hydrogen-bond acceptors (Lipinski definition) is 4. The fraction of sp³-hybridized carbons (Fsp3) is 0.550. The predicted molar refractivity (Wildman–Crippen MR) is 99.9 cm³/mol. The Labute approximate surface area is 167 Å². The number of likely N-dealkylation sites (N-methyl/N-ethyl adjacent to an activating group) is 1. The van der Waals surface area contributed by atoms with E-state index < -0.39 is 42.7 Å². The molecule has 0 atom stereocenters. The van der Waals surface area contributed by atoms with Gasteiger partial charge in [0.2, 0.25) is 5.91 Å². The summed E-state index contributed by atoms with van der Waals surface area (Å²) in [7, 11) is 0. The van der Waals surface area contributed by atoms with Crippen molar-refractivity contribution in [1.82, 2.24) is 4.90 Å². The van der Waals surface area contributed by atoms with Gasteiger partial charge >= 0.3 is 12.1 Å². The van der Waals surface area contributed by atoms with Gasteiger partial charge in [-0.1, -0.05) is 31.4 Å². The Hall–Kier alpha value is -2.58. The number of esters is 1. The Bertz CT molecular complexity index is 731. The molecule has 0 aromatic heterocycles. The van der Waals surface area contributed by atoms with Crippen LogP contribution < -0.4 is 5.32 Å². The molecule has 9 heteroatoms. The zero-order chi connectivity index (χ0) is 21.4. The van der Waals surface area contributed by atoms with Crippen LogP contribution in [0.25, 0.3) is 0 Å². The maximum atomic E-state index is 13.0. The largest absolute Gasteiger partial charge is 0.455 e. The first kappa shape index (κ1) is 22.7. The van der Waals surface area contributed by atoms with E-state index >= 15 is 0 Å². The molecule has 2 amide bonds. The molecule has 29 heavy (non-hydrogen) atoms. The summed E-state index contributed by atoms with van der Waals surface area (Å²) in [4.78, 5) is 37.6. The Kier molecular flexibility index (Phi) is 8.04. The third-order valence-corrected chi connectivity index (χ3v) is 4.85. The summed E-state index contributed by atoms with van der Waals surface area (Å²) >= 11 is 0. The first-order valence-corrected chi connectivity index (χ1v) is 9.62. The molecule has 0 radical (unpaired) electrons. The van der Waals surface area contributed by atoms with Crippen LogP contribution in [0, 0.1) is 5.92 Å². The van der Waals surface area contributed by atoms with Crippen molar-refractivity contribution in [1.29, 1.82) is 0 Å². The molecule has 0 heterocycles. The molecule has 1 saturated carbocycles. The fourth-order valence-corrected chi connectivity index (χ4v) is 3.26. The van der Waals surface area contributed by atoms with Crippen molar-refractivity contribution in [3.05, 3.63) is 29.8 Å². The number of anilines is 1. The van der Waals surface area contributed by atoms with Crippen molar-refractivity contribution in [3.8, 4) is 0 Å². The minimum Gasteiger partial charge on any atom is -0.455 e. The Morgan fingerprint density at radius 2 is 1.79 bits per heavy atom. The number of ether oxygens (including phenoxy) is 1. The quantitative estimate of drug-likeness (QED) is 0.692. The van der Waals surface area contributed by atoms with Crippen molar-refractivity contribution in [2.24, 2.45) is 5.92 Å². The number of alkyl halides is 3. The molecular weight excluding hydrogens is 389 g/mol. The second-order valence-corrected chi connectivity index (χ2v) is 6.94. The molecule has 0 unspecified atom stereocenters. The number of nitrogens with one attached hydrogen (secondary N) is 1. The van der Waals surface area contributed by atoms with Crippen LogP contribution in [0.2, 0.25) is 0 Å². The summed E-state index contributed by atoms with van der Waals surface area (Å²) in [5.74, 6) is -1.96. The van der Waals surface area contributed by atoms with Crippen LogP contribution in [-0.4, -0.2) is 42.4 Å². The number of carbonyl (C=O) groups is 3. The number of para-hydroxylation sites is 1. The zero-order valence-electron chi connectivity index (χ0n) is 16.3. The molecule has 0 aliphatic heterocycles. The van der Waals surface area contributed by atoms with Crippen LogP contribution in [0.5, 0.6) is 0 Å². The molecule has 2 rings (SSSR count). The fourth-order valence-electron chi connectivity index (χ4n) is 3.26. The SMILES string of the molecule is CCN(CC(=O)Nc1ccccc1C(F)(F)F)C(=O)COC(=O)C1CCCCC1. The van der Waals surface area contributed by atoms with Crippen LogP contribution >= 0.6 is 0 Å². The molecule has 1 N–H and O–H groups in total. The van der Waals surface area contributed by atoms with Gasteiger partial charge in [0, 0.05) is 6.54 Å². The maximum absolute atomic E-state index is 13.0. The average molecular weight is 414 g/mol. The summed E-state index contributed by atoms with van der Waals surface area (Å²) in [5, 5.41) is 2.19. The topological polar surface area (TPSA) is 75.7 Å². The summed E-state index contributed by atoms with van der Waals surface area (Å²) in [6, 6.07) is 4.60. The lowest BCUT2D eigenvalue weighted by Crippen LogP contribution is -2.40. The van der Waals surface area contributed by atoms with Crippen LogP contribution in [0.15, 0.2) is 24.3 Å². The summed E-state index contributed by atoms with van der Waals surface area (Å²) in [6.07, 6.45) is -0.143. The van der Waals surface area contributed by atoms with Crippen molar-refractivity contribution in [2.45, 2.75) is 45.2 Å². The van der Waals surface area contributed by atoms with Crippen LogP contribution in [0.4, 0.5) is 18.9 Å². The van der Waals surface area contributed by atoms with E-state index in [4.69, 9.17) is 4.74 Å². The monoisotopic (exact) mass is 414 g/mol. The van der Waals surface area contributed by atoms with E-state index in [1.165, 1.54) is 12.1 Å². The number of amides is 2. The summed E-state index contributed by atoms with van der Waals surface area (Å²) in [5.41, 5.74) is -1.35. The summed E-state index contributed by atoms with van der Waals surface area (Å²) < 4.78 is 44.1. The lowest BCUT2D eigenvalue weighted by molar-refractivity contribution is -0.156. The highest BCUT2D eigenvalue weighted by atomic mass is 19.4. The van der Waals surface area contributed by atoms with Gasteiger partial charge in [0.05, 0.1) is 23.7 Å². The van der Waals surface area contributed by atoms with E-state index in [2.05, 4.69) is 5.32 Å². The maximum Gasteiger partial charge on any atom is 0.418 e. The molecule has 6 nitrogen and oxygen atoms in total. The van der Waals surface area contributed by atoms with Gasteiger partial charge < -0.3 is 15.0 Å². The van der Waals surface area contributed by atoms with Crippen LogP contribution in [-0.2, 0) is 25.3 Å². The Morgan fingerprint density at radius 1 is 1.14 bits per heavy atom. The standard InChI is InChI=1S/C20H25F3N2O4/c1-2-25(18(27)13-29-19(28)14-8-4-3-5-9-14)12-17(26)24-16-11-7-6-10-15(16)20(21,22)23/h6-7,10-11,14H,2-5,8-9,12-13H2,1H3,(H,24,26). The second-order valence-electron chi connectivity index (χ2n) is 6.94. The molecular formula is C20H25F3N2O4. The van der Waals surface area contributed by atoms with Gasteiger partial charge in [-0.15, -0.1) is 0 Å². The van der Waals surface area contributed by atoms with E-state index in [-0.39, 0.29) is 18.2 Å². The molecule has 0 saturated heterocycles. The second kappa shape index (κ2) is 10.3. The van der Waals surface area contributed by atoms with E-state index in [1.807, 2.05) is 0 Å². The number of hydrogen-bond donors (Lipinski definition) is 1. The lowest BCUT2D eigenvalue weighted by atomic mass is 9.89. The van der Waals surface area contributed by atoms with Gasteiger partial charge in [0.15, 0.2) is 6.61 Å². The first-order valence-electron chi connectivity index (χ1n) is 9.62. The molecule has 1 aliphatic rings. The molecule has 1 aliphatic carbocycles. The van der Waals surface area contributed by atoms with Crippen molar-refractivity contribution >= 4 is 23.5 Å². The van der Waals surface area contributed by atoms with E-state index in [1.54, 1.807) is 6.92 Å². The molecule has 1 fully saturated rings. The summed E-state index contributed by atoms with van der Waals surface area (Å²) in [6.45, 7) is 0.837. The normalized spacial score (nSPS) is 14.9. The molecule has 0 spiro atoms. The van der Waals surface area contributed by atoms with Crippen LogP contribution in [0.1, 0.15) is 44.6 Å². The highest BCUT2D eigenvalue weighted by molar-refractivity contribution is 5.95. The third kappa shape index (κ3) is 6.76. The van der Waals surface area contributed by atoms with Gasteiger partial charge in [-0.2, -0.15) is 13.2 Å². The first-order chi connectivity index (χ1) is 13.7. The van der Waals surface area contributed by atoms with Crippen molar-refractivity contribution in [2.75, 3.05) is 25.0 Å². The molecule has 0 bridgehead atoms. The minimum absolute atomic E-state index is 0.147. The average Bonchev–Trinajstić information content (AvgIpc) is 2.70. The number of benzene rings is 1. The van der Waals surface area contributed by atoms with Gasteiger partial charge in [0.1, 0.15) is 0 Å². The van der Waals surface area contributed by atoms with Gasteiger partial charge in [0.25, 0.3) is 5.91 Å². The van der Waals surface area contributed by atoms with Crippen molar-refractivity contribution in [3.63, 3.8) is 0 Å². The van der Waals surface area contributed by atoms with Gasteiger partial charge in [-0.05, 0) is 31.9 Å². The highest BCUT2D eigenvalue weighted by Crippen LogP contribution is 2.34. The van der Waals surface area contributed by atoms with Gasteiger partial charge in [-0.25, -0.2) is 0 Å². The van der Waals surface area contributed by atoms with E-state index in [9.17, 15) is 27.6 Å². The Balaban J connectivity index is 1.89. The lowest BCUT2D eigenvalue weighted by Gasteiger charge is -2.23. The number of halogens is 3. The molecule has 1 aromatic rings. The number of nitrogens with zero attached hydrogens (tertiary/aromatic N) is 1. The minimum atomic E-state index is -4.61. The molecule has 1 aromatic carbocycles. The Morgan fingerprint density at radius 3 is 2.41 bits per heavy atom. The van der Waals surface area contributed by atoms with E-state index in [0.29, 0.717) is 0 Å². The zero-order valence-corrected chi connectivity index (χ0v) is 16.3. The predicted octanol–water partition coefficient (Wildman–Crippen LogP) is 3.62. The smallest absolute Gasteiger partial charge is 0.418 e. The molecule has 160 valence electrons. The highest BCUT2D eigenvalue weighted by Gasteiger charge is 2.33. The van der Waals surface area contributed by atoms with Crippen LogP contribution in [0.3, 0.4) is 0 Å². The van der Waals surface area contributed by atoms with Gasteiger partial charge in [-0.3, -0.25) is 14.4 Å². The van der Waals surface area contributed by atoms with Crippen molar-refractivity contribution < 1.29 is 32.3 Å². The number of rotatable bonds is 7.